The number of hydrogen-bond acceptors (Lipinski definition) is 6. The van der Waals surface area contributed by atoms with Crippen molar-refractivity contribution in [3.8, 4) is 28.4 Å². The van der Waals surface area contributed by atoms with Gasteiger partial charge in [-0.2, -0.15) is 0 Å². The van der Waals surface area contributed by atoms with Gasteiger partial charge in [0.05, 0.1) is 31.5 Å². The molecule has 6 nitrogen and oxygen atoms in total. The summed E-state index contributed by atoms with van der Waals surface area (Å²) < 4.78 is 17.6. The Morgan fingerprint density at radius 3 is 2.41 bits per heavy atom. The molecule has 1 aliphatic heterocycles. The lowest BCUT2D eigenvalue weighted by Crippen LogP contribution is -2.24. The van der Waals surface area contributed by atoms with Gasteiger partial charge in [-0.15, -0.1) is 0 Å². The second kappa shape index (κ2) is 12.7. The van der Waals surface area contributed by atoms with Crippen molar-refractivity contribution in [3.05, 3.63) is 75.8 Å². The first-order chi connectivity index (χ1) is 17.9. The fraction of sp³-hybridized carbons (Fsp3) is 0.400. The molecule has 198 valence electrons. The highest BCUT2D eigenvalue weighted by Crippen LogP contribution is 2.36. The molecule has 7 heteroatoms. The molecule has 3 aromatic rings. The molecule has 4 rings (SSSR count). The van der Waals surface area contributed by atoms with Crippen molar-refractivity contribution in [3.63, 3.8) is 0 Å². The van der Waals surface area contributed by atoms with Gasteiger partial charge in [-0.05, 0) is 66.6 Å². The minimum atomic E-state index is -0.184. The van der Waals surface area contributed by atoms with Crippen LogP contribution >= 0.6 is 11.6 Å². The van der Waals surface area contributed by atoms with E-state index < -0.39 is 0 Å². The summed E-state index contributed by atoms with van der Waals surface area (Å²) in [6.45, 7) is 7.70. The van der Waals surface area contributed by atoms with Crippen molar-refractivity contribution < 1.29 is 24.4 Å². The van der Waals surface area contributed by atoms with E-state index in [9.17, 15) is 10.2 Å². The Morgan fingerprint density at radius 1 is 0.946 bits per heavy atom. The van der Waals surface area contributed by atoms with E-state index in [1.165, 1.54) is 0 Å². The van der Waals surface area contributed by atoms with Crippen LogP contribution in [0.25, 0.3) is 11.1 Å². The van der Waals surface area contributed by atoms with Crippen LogP contribution < -0.4 is 14.2 Å². The van der Waals surface area contributed by atoms with E-state index in [0.717, 1.165) is 66.0 Å². The number of benzene rings is 3. The fourth-order valence-electron chi connectivity index (χ4n) is 4.84. The highest BCUT2D eigenvalue weighted by atomic mass is 35.5. The summed E-state index contributed by atoms with van der Waals surface area (Å²) in [5.74, 6) is 1.94. The second-order valence-electron chi connectivity index (χ2n) is 9.50. The number of nitrogens with zero attached hydrogens (tertiary/aromatic N) is 1. The van der Waals surface area contributed by atoms with Crippen LogP contribution in [0.1, 0.15) is 35.1 Å². The molecule has 0 radical (unpaired) electrons. The smallest absolute Gasteiger partial charge is 0.142 e. The largest absolute Gasteiger partial charge is 0.496 e. The monoisotopic (exact) mass is 525 g/mol. The van der Waals surface area contributed by atoms with Crippen LogP contribution in [0, 0.1) is 13.8 Å². The lowest BCUT2D eigenvalue weighted by molar-refractivity contribution is 0.173. The van der Waals surface area contributed by atoms with E-state index in [-0.39, 0.29) is 12.7 Å². The van der Waals surface area contributed by atoms with Crippen LogP contribution in [0.5, 0.6) is 17.2 Å². The SMILES string of the molecule is COc1cc(OCc2cccc(-c3cccc(OCCCN4CC[C@@H](O)C4)c3C)c2C)c(Cl)cc1CO. The molecule has 1 aliphatic rings. The van der Waals surface area contributed by atoms with E-state index in [2.05, 4.69) is 36.9 Å². The van der Waals surface area contributed by atoms with E-state index in [0.29, 0.717) is 35.3 Å². The van der Waals surface area contributed by atoms with Crippen LogP contribution in [0.2, 0.25) is 5.02 Å². The molecule has 2 N–H and O–H groups in total. The lowest BCUT2D eigenvalue weighted by atomic mass is 9.93. The summed E-state index contributed by atoms with van der Waals surface area (Å²) in [6.07, 6.45) is 1.60. The Bertz CT molecular complexity index is 1210. The third-order valence-electron chi connectivity index (χ3n) is 7.03. The summed E-state index contributed by atoms with van der Waals surface area (Å²) in [7, 11) is 1.55. The first kappa shape index (κ1) is 27.3. The second-order valence-corrected chi connectivity index (χ2v) is 9.91. The maximum absolute atomic E-state index is 9.70. The zero-order valence-electron chi connectivity index (χ0n) is 21.8. The molecule has 0 aliphatic carbocycles. The Labute approximate surface area is 224 Å². The van der Waals surface area contributed by atoms with E-state index in [1.54, 1.807) is 19.2 Å². The maximum Gasteiger partial charge on any atom is 0.142 e. The number of halogens is 1. The lowest BCUT2D eigenvalue weighted by Gasteiger charge is -2.18. The van der Waals surface area contributed by atoms with E-state index in [4.69, 9.17) is 25.8 Å². The summed E-state index contributed by atoms with van der Waals surface area (Å²) in [5.41, 5.74) is 6.17. The molecule has 3 aromatic carbocycles. The van der Waals surface area contributed by atoms with Crippen LogP contribution in [0.15, 0.2) is 48.5 Å². The minimum Gasteiger partial charge on any atom is -0.496 e. The molecule has 0 saturated carbocycles. The van der Waals surface area contributed by atoms with Crippen molar-refractivity contribution in [2.45, 2.75) is 46.0 Å². The van der Waals surface area contributed by atoms with Gasteiger partial charge >= 0.3 is 0 Å². The van der Waals surface area contributed by atoms with Gasteiger partial charge in [0.15, 0.2) is 0 Å². The Balaban J connectivity index is 1.45. The quantitative estimate of drug-likeness (QED) is 0.320. The molecule has 37 heavy (non-hydrogen) atoms. The molecule has 1 atom stereocenters. The number of β-amino-alcohol motifs (C(OH)–C–C–N with tert-alkyl or cyclic N) is 1. The van der Waals surface area contributed by atoms with Gasteiger partial charge < -0.3 is 29.3 Å². The number of ether oxygens (including phenoxy) is 3. The van der Waals surface area contributed by atoms with Crippen molar-refractivity contribution in [2.24, 2.45) is 0 Å². The van der Waals surface area contributed by atoms with Crippen LogP contribution in [0.3, 0.4) is 0 Å². The predicted molar refractivity (Wildman–Crippen MR) is 147 cm³/mol. The standard InChI is InChI=1S/C30H36ClNO5/c1-20-22(19-37-30-16-29(35-3)23(18-33)15-27(30)31)7-4-8-25(20)26-9-5-10-28(21(26)2)36-14-6-12-32-13-11-24(34)17-32/h4-5,7-10,15-16,24,33-34H,6,11-14,17-19H2,1-3H3/t24-/m1/s1. The molecule has 0 spiro atoms. The van der Waals surface area contributed by atoms with E-state index >= 15 is 0 Å². The van der Waals surface area contributed by atoms with Crippen LogP contribution in [0.4, 0.5) is 0 Å². The fourth-order valence-corrected chi connectivity index (χ4v) is 5.08. The molecule has 1 fully saturated rings. The topological polar surface area (TPSA) is 71.4 Å². The summed E-state index contributed by atoms with van der Waals surface area (Å²) in [6, 6.07) is 15.8. The zero-order valence-corrected chi connectivity index (χ0v) is 22.6. The van der Waals surface area contributed by atoms with Crippen molar-refractivity contribution in [1.29, 1.82) is 0 Å². The van der Waals surface area contributed by atoms with Crippen molar-refractivity contribution in [1.82, 2.24) is 4.90 Å². The van der Waals surface area contributed by atoms with E-state index in [1.807, 2.05) is 18.2 Å². The molecular weight excluding hydrogens is 490 g/mol. The number of aliphatic hydroxyl groups excluding tert-OH is 2. The first-order valence-electron chi connectivity index (χ1n) is 12.7. The zero-order chi connectivity index (χ0) is 26.4. The van der Waals surface area contributed by atoms with Gasteiger partial charge in [0.2, 0.25) is 0 Å². The van der Waals surface area contributed by atoms with Gasteiger partial charge in [0, 0.05) is 31.3 Å². The molecule has 0 bridgehead atoms. The third kappa shape index (κ3) is 6.57. The van der Waals surface area contributed by atoms with Crippen molar-refractivity contribution >= 4 is 11.6 Å². The molecule has 1 saturated heterocycles. The van der Waals surface area contributed by atoms with Crippen LogP contribution in [-0.2, 0) is 13.2 Å². The van der Waals surface area contributed by atoms with Gasteiger partial charge in [-0.1, -0.05) is 41.9 Å². The molecule has 0 aromatic heterocycles. The number of methoxy groups -OCH3 is 1. The Kier molecular flexibility index (Phi) is 9.33. The van der Waals surface area contributed by atoms with Gasteiger partial charge in [0.25, 0.3) is 0 Å². The summed E-state index contributed by atoms with van der Waals surface area (Å²) >= 11 is 6.38. The van der Waals surface area contributed by atoms with Gasteiger partial charge in [-0.25, -0.2) is 0 Å². The maximum atomic E-state index is 9.70. The first-order valence-corrected chi connectivity index (χ1v) is 13.1. The van der Waals surface area contributed by atoms with Gasteiger partial charge in [0.1, 0.15) is 23.9 Å². The summed E-state index contributed by atoms with van der Waals surface area (Å²) in [5, 5.41) is 19.6. The number of likely N-dealkylation sites (tertiary alicyclic amines) is 1. The third-order valence-corrected chi connectivity index (χ3v) is 7.33. The summed E-state index contributed by atoms with van der Waals surface area (Å²) in [4.78, 5) is 2.29. The Morgan fingerprint density at radius 2 is 1.70 bits per heavy atom. The Hall–Kier alpha value is -2.77. The van der Waals surface area contributed by atoms with Crippen molar-refractivity contribution in [2.75, 3.05) is 33.4 Å². The average Bonchev–Trinajstić information content (AvgIpc) is 3.32. The highest BCUT2D eigenvalue weighted by molar-refractivity contribution is 6.32. The minimum absolute atomic E-state index is 0.158. The van der Waals surface area contributed by atoms with Crippen LogP contribution in [-0.4, -0.2) is 54.6 Å². The molecular formula is C30H36ClNO5. The number of rotatable bonds is 11. The highest BCUT2D eigenvalue weighted by Gasteiger charge is 2.19. The molecule has 1 heterocycles. The molecule has 0 amide bonds. The predicted octanol–water partition coefficient (Wildman–Crippen LogP) is 5.54. The average molecular weight is 526 g/mol. The van der Waals surface area contributed by atoms with Gasteiger partial charge in [-0.3, -0.25) is 0 Å². The number of hydrogen-bond donors (Lipinski definition) is 2. The molecule has 0 unspecified atom stereocenters. The normalized spacial score (nSPS) is 15.7. The number of aliphatic hydroxyl groups is 2.